The average molecular weight is 353 g/mol. The van der Waals surface area contributed by atoms with Gasteiger partial charge in [-0.05, 0) is 67.2 Å². The van der Waals surface area contributed by atoms with Crippen LogP contribution in [-0.2, 0) is 0 Å². The van der Waals surface area contributed by atoms with Gasteiger partial charge >= 0.3 is 0 Å². The summed E-state index contributed by atoms with van der Waals surface area (Å²) in [4.78, 5) is 3.79. The number of nitrogens with zero attached hydrogens (tertiary/aromatic N) is 2. The monoisotopic (exact) mass is 353 g/mol. The molecule has 6 rings (SSSR count). The van der Waals surface area contributed by atoms with Crippen LogP contribution in [0.2, 0.25) is 0 Å². The van der Waals surface area contributed by atoms with E-state index < -0.39 is 0 Å². The fourth-order valence-electron chi connectivity index (χ4n) is 4.20. The Bertz CT molecular complexity index is 771. The third-order valence-corrected chi connectivity index (χ3v) is 6.74. The Hall–Kier alpha value is -1.69. The molecule has 0 aliphatic carbocycles. The van der Waals surface area contributed by atoms with Gasteiger partial charge in [0.1, 0.15) is 11.9 Å². The molecule has 1 atom stereocenters. The van der Waals surface area contributed by atoms with E-state index in [2.05, 4.69) is 47.4 Å². The van der Waals surface area contributed by atoms with E-state index in [0.717, 1.165) is 29.8 Å². The lowest BCUT2D eigenvalue weighted by atomic mass is 9.86. The SMILES string of the molecule is NN1CSc2cc(-c3ccc(OC4CN5CCC4CC5)cc3)ccc21. The summed E-state index contributed by atoms with van der Waals surface area (Å²) in [5.74, 6) is 8.51. The van der Waals surface area contributed by atoms with Gasteiger partial charge in [0.05, 0.1) is 11.6 Å². The summed E-state index contributed by atoms with van der Waals surface area (Å²) in [6.07, 6.45) is 2.93. The third kappa shape index (κ3) is 2.90. The minimum absolute atomic E-state index is 0.361. The molecule has 1 unspecified atom stereocenters. The topological polar surface area (TPSA) is 41.7 Å². The summed E-state index contributed by atoms with van der Waals surface area (Å²) in [7, 11) is 0. The molecule has 0 radical (unpaired) electrons. The maximum Gasteiger partial charge on any atom is 0.119 e. The van der Waals surface area contributed by atoms with Crippen LogP contribution in [-0.4, -0.2) is 36.5 Å². The minimum atomic E-state index is 0.361. The van der Waals surface area contributed by atoms with Gasteiger partial charge in [-0.2, -0.15) is 0 Å². The zero-order valence-corrected chi connectivity index (χ0v) is 15.0. The van der Waals surface area contributed by atoms with E-state index in [1.165, 1.54) is 42.0 Å². The number of thioether (sulfide) groups is 1. The van der Waals surface area contributed by atoms with Crippen molar-refractivity contribution in [1.82, 2.24) is 4.90 Å². The molecule has 3 saturated heterocycles. The molecule has 3 fully saturated rings. The van der Waals surface area contributed by atoms with Crippen LogP contribution in [0.4, 0.5) is 5.69 Å². The maximum absolute atomic E-state index is 6.30. The highest BCUT2D eigenvalue weighted by Gasteiger charge is 2.35. The molecule has 0 spiro atoms. The molecule has 4 aliphatic heterocycles. The molecule has 25 heavy (non-hydrogen) atoms. The van der Waals surface area contributed by atoms with E-state index in [1.807, 2.05) is 0 Å². The third-order valence-electron chi connectivity index (χ3n) is 5.70. The summed E-state index contributed by atoms with van der Waals surface area (Å²) in [6, 6.07) is 15.0. The number of ether oxygens (including phenoxy) is 1. The van der Waals surface area contributed by atoms with Crippen LogP contribution in [0, 0.1) is 5.92 Å². The molecule has 0 amide bonds. The van der Waals surface area contributed by atoms with Crippen LogP contribution in [0.25, 0.3) is 11.1 Å². The molecule has 2 bridgehead atoms. The van der Waals surface area contributed by atoms with Gasteiger partial charge in [0.2, 0.25) is 0 Å². The van der Waals surface area contributed by atoms with Crippen LogP contribution in [0.5, 0.6) is 5.75 Å². The predicted octanol–water partition coefficient (Wildman–Crippen LogP) is 3.57. The van der Waals surface area contributed by atoms with E-state index in [4.69, 9.17) is 10.6 Å². The highest BCUT2D eigenvalue weighted by Crippen LogP contribution is 2.39. The zero-order valence-electron chi connectivity index (χ0n) is 14.2. The van der Waals surface area contributed by atoms with E-state index in [9.17, 15) is 0 Å². The lowest BCUT2D eigenvalue weighted by Crippen LogP contribution is -2.52. The van der Waals surface area contributed by atoms with Crippen molar-refractivity contribution in [1.29, 1.82) is 0 Å². The lowest BCUT2D eigenvalue weighted by Gasteiger charge is -2.44. The molecule has 4 aliphatic rings. The van der Waals surface area contributed by atoms with Crippen molar-refractivity contribution >= 4 is 17.4 Å². The molecule has 2 aromatic rings. The molecular weight excluding hydrogens is 330 g/mol. The van der Waals surface area contributed by atoms with Crippen molar-refractivity contribution in [2.24, 2.45) is 11.8 Å². The summed E-state index contributed by atoms with van der Waals surface area (Å²) >= 11 is 1.79. The Morgan fingerprint density at radius 1 is 1.00 bits per heavy atom. The first-order chi connectivity index (χ1) is 12.3. The Balaban J connectivity index is 1.32. The summed E-state index contributed by atoms with van der Waals surface area (Å²) < 4.78 is 6.30. The molecule has 0 aromatic heterocycles. The number of anilines is 1. The van der Waals surface area contributed by atoms with Crippen molar-refractivity contribution in [3.05, 3.63) is 42.5 Å². The van der Waals surface area contributed by atoms with E-state index in [-0.39, 0.29) is 0 Å². The number of benzene rings is 2. The Morgan fingerprint density at radius 2 is 1.76 bits per heavy atom. The van der Waals surface area contributed by atoms with E-state index in [0.29, 0.717) is 6.10 Å². The first kappa shape index (κ1) is 15.6. The minimum Gasteiger partial charge on any atom is -0.489 e. The van der Waals surface area contributed by atoms with Gasteiger partial charge in [-0.15, -0.1) is 11.8 Å². The Kier molecular flexibility index (Phi) is 3.88. The molecule has 5 heteroatoms. The van der Waals surface area contributed by atoms with Crippen molar-refractivity contribution in [3.8, 4) is 16.9 Å². The van der Waals surface area contributed by atoms with E-state index in [1.54, 1.807) is 16.8 Å². The second kappa shape index (κ2) is 6.24. The number of nitrogens with two attached hydrogens (primary N) is 1. The number of hydrazine groups is 1. The van der Waals surface area contributed by atoms with Crippen molar-refractivity contribution in [2.45, 2.75) is 23.8 Å². The van der Waals surface area contributed by atoms with Crippen molar-refractivity contribution in [2.75, 3.05) is 30.5 Å². The molecule has 4 nitrogen and oxygen atoms in total. The van der Waals surface area contributed by atoms with Gasteiger partial charge < -0.3 is 4.74 Å². The average Bonchev–Trinajstić information content (AvgIpc) is 3.04. The van der Waals surface area contributed by atoms with Gasteiger partial charge in [-0.25, -0.2) is 5.84 Å². The summed E-state index contributed by atoms with van der Waals surface area (Å²) in [5.41, 5.74) is 3.58. The number of hydrogen-bond acceptors (Lipinski definition) is 5. The smallest absolute Gasteiger partial charge is 0.119 e. The summed E-state index contributed by atoms with van der Waals surface area (Å²) in [6.45, 7) is 3.59. The second-order valence-electron chi connectivity index (χ2n) is 7.24. The van der Waals surface area contributed by atoms with Gasteiger partial charge in [-0.3, -0.25) is 9.91 Å². The largest absolute Gasteiger partial charge is 0.489 e. The number of piperidine rings is 3. The van der Waals surface area contributed by atoms with Crippen LogP contribution < -0.4 is 15.6 Å². The van der Waals surface area contributed by atoms with Gasteiger partial charge in [0.25, 0.3) is 0 Å². The number of fused-ring (bicyclic) bond motifs is 4. The second-order valence-corrected chi connectivity index (χ2v) is 8.23. The molecular formula is C20H23N3OS. The van der Waals surface area contributed by atoms with Gasteiger partial charge in [0, 0.05) is 11.4 Å². The Labute approximate surface area is 152 Å². The molecule has 4 heterocycles. The highest BCUT2D eigenvalue weighted by molar-refractivity contribution is 7.99. The fourth-order valence-corrected chi connectivity index (χ4v) is 5.16. The predicted molar refractivity (Wildman–Crippen MR) is 103 cm³/mol. The first-order valence-corrected chi connectivity index (χ1v) is 10.0. The van der Waals surface area contributed by atoms with Gasteiger partial charge in [-0.1, -0.05) is 18.2 Å². The maximum atomic E-state index is 6.30. The summed E-state index contributed by atoms with van der Waals surface area (Å²) in [5, 5.41) is 1.80. The van der Waals surface area contributed by atoms with Crippen molar-refractivity contribution < 1.29 is 4.74 Å². The molecule has 2 N–H and O–H groups in total. The first-order valence-electron chi connectivity index (χ1n) is 9.05. The van der Waals surface area contributed by atoms with Crippen molar-refractivity contribution in [3.63, 3.8) is 0 Å². The number of rotatable bonds is 3. The number of hydrogen-bond donors (Lipinski definition) is 1. The molecule has 0 saturated carbocycles. The lowest BCUT2D eigenvalue weighted by molar-refractivity contribution is -0.00775. The van der Waals surface area contributed by atoms with Crippen LogP contribution in [0.3, 0.4) is 0 Å². The standard InChI is InChI=1S/C20H23N3OS/c21-23-13-25-20-11-16(3-6-18(20)23)14-1-4-17(5-2-14)24-19-12-22-9-7-15(19)8-10-22/h1-6,11,15,19H,7-10,12-13,21H2. The Morgan fingerprint density at radius 3 is 2.48 bits per heavy atom. The van der Waals surface area contributed by atoms with Crippen LogP contribution in [0.15, 0.2) is 47.4 Å². The fraction of sp³-hybridized carbons (Fsp3) is 0.400. The molecule has 2 aromatic carbocycles. The quantitative estimate of drug-likeness (QED) is 0.855. The highest BCUT2D eigenvalue weighted by atomic mass is 32.2. The van der Waals surface area contributed by atoms with Gasteiger partial charge in [0.15, 0.2) is 0 Å². The van der Waals surface area contributed by atoms with Crippen LogP contribution in [0.1, 0.15) is 12.8 Å². The normalized spacial score (nSPS) is 27.4. The molecule has 130 valence electrons. The zero-order chi connectivity index (χ0) is 16.8. The van der Waals surface area contributed by atoms with E-state index >= 15 is 0 Å². The van der Waals surface area contributed by atoms with Crippen LogP contribution >= 0.6 is 11.8 Å².